The van der Waals surface area contributed by atoms with E-state index >= 15 is 0 Å². The van der Waals surface area contributed by atoms with Crippen molar-refractivity contribution in [3.8, 4) is 5.75 Å². The highest BCUT2D eigenvalue weighted by Crippen LogP contribution is 2.24. The van der Waals surface area contributed by atoms with Gasteiger partial charge in [-0.25, -0.2) is 0 Å². The molecule has 0 radical (unpaired) electrons. The quantitative estimate of drug-likeness (QED) is 0.866. The molecule has 0 spiro atoms. The van der Waals surface area contributed by atoms with Gasteiger partial charge in [0, 0.05) is 30.7 Å². The van der Waals surface area contributed by atoms with Crippen molar-refractivity contribution in [3.05, 3.63) is 29.8 Å². The molecule has 1 aliphatic rings. The Morgan fingerprint density at radius 2 is 2.18 bits per heavy atom. The molecule has 1 heterocycles. The largest absolute Gasteiger partial charge is 0.494 e. The molecular weight excluding hydrogens is 212 g/mol. The summed E-state index contributed by atoms with van der Waals surface area (Å²) in [4.78, 5) is 2.43. The SMILES string of the molecule is CCOc1ccccc1CN1CCC(N)C1C. The van der Waals surface area contributed by atoms with Crippen molar-refractivity contribution in [1.29, 1.82) is 0 Å². The van der Waals surface area contributed by atoms with E-state index in [1.165, 1.54) is 5.56 Å². The number of benzene rings is 1. The standard InChI is InChI=1S/C14H22N2O/c1-3-17-14-7-5-4-6-12(14)10-16-9-8-13(15)11(16)2/h4-7,11,13H,3,8-10,15H2,1-2H3. The van der Waals surface area contributed by atoms with Crippen molar-refractivity contribution >= 4 is 0 Å². The lowest BCUT2D eigenvalue weighted by molar-refractivity contribution is 0.245. The Hall–Kier alpha value is -1.06. The number of hydrogen-bond acceptors (Lipinski definition) is 3. The zero-order chi connectivity index (χ0) is 12.3. The number of nitrogens with zero attached hydrogens (tertiary/aromatic N) is 1. The lowest BCUT2D eigenvalue weighted by atomic mass is 10.1. The highest BCUT2D eigenvalue weighted by Gasteiger charge is 2.27. The third-order valence-corrected chi connectivity index (χ3v) is 3.59. The van der Waals surface area contributed by atoms with Crippen LogP contribution in [0.2, 0.25) is 0 Å². The first-order valence-electron chi connectivity index (χ1n) is 6.42. The lowest BCUT2D eigenvalue weighted by Gasteiger charge is -2.24. The maximum atomic E-state index is 6.05. The Labute approximate surface area is 104 Å². The van der Waals surface area contributed by atoms with Crippen LogP contribution in [0.5, 0.6) is 5.75 Å². The van der Waals surface area contributed by atoms with Gasteiger partial charge in [-0.1, -0.05) is 18.2 Å². The van der Waals surface area contributed by atoms with Crippen LogP contribution in [-0.2, 0) is 6.54 Å². The van der Waals surface area contributed by atoms with Crippen LogP contribution in [0.25, 0.3) is 0 Å². The maximum Gasteiger partial charge on any atom is 0.123 e. The van der Waals surface area contributed by atoms with Gasteiger partial charge in [0.2, 0.25) is 0 Å². The fourth-order valence-electron chi connectivity index (χ4n) is 2.40. The number of rotatable bonds is 4. The normalized spacial score (nSPS) is 25.1. The summed E-state index contributed by atoms with van der Waals surface area (Å²) < 4.78 is 5.65. The average Bonchev–Trinajstić information content (AvgIpc) is 2.64. The molecule has 0 amide bonds. The Bertz CT molecular complexity index is 367. The summed E-state index contributed by atoms with van der Waals surface area (Å²) in [6, 6.07) is 9.05. The van der Waals surface area contributed by atoms with E-state index in [-0.39, 0.29) is 0 Å². The van der Waals surface area contributed by atoms with Gasteiger partial charge in [-0.3, -0.25) is 4.90 Å². The first-order valence-corrected chi connectivity index (χ1v) is 6.42. The first-order chi connectivity index (χ1) is 8.22. The molecule has 2 N–H and O–H groups in total. The average molecular weight is 234 g/mol. The van der Waals surface area contributed by atoms with E-state index in [1.807, 2.05) is 19.1 Å². The van der Waals surface area contributed by atoms with Crippen LogP contribution < -0.4 is 10.5 Å². The van der Waals surface area contributed by atoms with Gasteiger partial charge in [-0.15, -0.1) is 0 Å². The summed E-state index contributed by atoms with van der Waals surface area (Å²) in [5.41, 5.74) is 7.31. The molecular formula is C14H22N2O. The molecule has 1 saturated heterocycles. The lowest BCUT2D eigenvalue weighted by Crippen LogP contribution is -2.36. The minimum Gasteiger partial charge on any atom is -0.494 e. The third kappa shape index (κ3) is 2.79. The van der Waals surface area contributed by atoms with Crippen molar-refractivity contribution in [2.75, 3.05) is 13.2 Å². The molecule has 0 saturated carbocycles. The molecule has 3 heteroatoms. The maximum absolute atomic E-state index is 6.05. The molecule has 0 bridgehead atoms. The minimum atomic E-state index is 0.314. The fraction of sp³-hybridized carbons (Fsp3) is 0.571. The van der Waals surface area contributed by atoms with Gasteiger partial charge in [0.25, 0.3) is 0 Å². The molecule has 2 rings (SSSR count). The van der Waals surface area contributed by atoms with Crippen molar-refractivity contribution < 1.29 is 4.74 Å². The van der Waals surface area contributed by atoms with E-state index in [0.717, 1.165) is 25.3 Å². The van der Waals surface area contributed by atoms with Crippen LogP contribution in [-0.4, -0.2) is 30.1 Å². The smallest absolute Gasteiger partial charge is 0.123 e. The number of nitrogens with two attached hydrogens (primary N) is 1. The van der Waals surface area contributed by atoms with Gasteiger partial charge in [-0.2, -0.15) is 0 Å². The molecule has 1 fully saturated rings. The van der Waals surface area contributed by atoms with E-state index in [2.05, 4.69) is 24.0 Å². The van der Waals surface area contributed by atoms with Crippen LogP contribution in [0.4, 0.5) is 0 Å². The van der Waals surface area contributed by atoms with Crippen LogP contribution in [0.1, 0.15) is 25.8 Å². The highest BCUT2D eigenvalue weighted by molar-refractivity contribution is 5.33. The number of para-hydroxylation sites is 1. The van der Waals surface area contributed by atoms with Crippen LogP contribution in [0.15, 0.2) is 24.3 Å². The topological polar surface area (TPSA) is 38.5 Å². The predicted octanol–water partition coefficient (Wildman–Crippen LogP) is 2.01. The third-order valence-electron chi connectivity index (χ3n) is 3.59. The molecule has 1 aromatic rings. The van der Waals surface area contributed by atoms with E-state index in [1.54, 1.807) is 0 Å². The molecule has 1 aliphatic heterocycles. The Morgan fingerprint density at radius 1 is 1.41 bits per heavy atom. The fourth-order valence-corrected chi connectivity index (χ4v) is 2.40. The van der Waals surface area contributed by atoms with E-state index < -0.39 is 0 Å². The number of ether oxygens (including phenoxy) is 1. The predicted molar refractivity (Wildman–Crippen MR) is 70.1 cm³/mol. The number of hydrogen-bond donors (Lipinski definition) is 1. The Kier molecular flexibility index (Phi) is 4.02. The summed E-state index contributed by atoms with van der Waals surface area (Å²) in [5.74, 6) is 1.00. The summed E-state index contributed by atoms with van der Waals surface area (Å²) >= 11 is 0. The molecule has 3 nitrogen and oxygen atoms in total. The minimum absolute atomic E-state index is 0.314. The second-order valence-corrected chi connectivity index (χ2v) is 4.70. The van der Waals surface area contributed by atoms with Crippen LogP contribution in [0, 0.1) is 0 Å². The molecule has 0 aliphatic carbocycles. The van der Waals surface area contributed by atoms with Crippen molar-refractivity contribution in [1.82, 2.24) is 4.90 Å². The van der Waals surface area contributed by atoms with Gasteiger partial charge in [0.1, 0.15) is 5.75 Å². The van der Waals surface area contributed by atoms with Crippen molar-refractivity contribution in [3.63, 3.8) is 0 Å². The van der Waals surface area contributed by atoms with Crippen molar-refractivity contribution in [2.24, 2.45) is 5.73 Å². The van der Waals surface area contributed by atoms with E-state index in [9.17, 15) is 0 Å². The highest BCUT2D eigenvalue weighted by atomic mass is 16.5. The number of likely N-dealkylation sites (tertiary alicyclic amines) is 1. The van der Waals surface area contributed by atoms with Gasteiger partial charge >= 0.3 is 0 Å². The van der Waals surface area contributed by atoms with Gasteiger partial charge in [-0.05, 0) is 26.3 Å². The van der Waals surface area contributed by atoms with Crippen LogP contribution in [0.3, 0.4) is 0 Å². The zero-order valence-electron chi connectivity index (χ0n) is 10.7. The molecule has 0 aromatic heterocycles. The Morgan fingerprint density at radius 3 is 2.82 bits per heavy atom. The molecule has 1 aromatic carbocycles. The van der Waals surface area contributed by atoms with Gasteiger partial charge < -0.3 is 10.5 Å². The zero-order valence-corrected chi connectivity index (χ0v) is 10.7. The summed E-state index contributed by atoms with van der Waals surface area (Å²) in [5, 5.41) is 0. The summed E-state index contributed by atoms with van der Waals surface area (Å²) in [6.45, 7) is 6.96. The summed E-state index contributed by atoms with van der Waals surface area (Å²) in [7, 11) is 0. The Balaban J connectivity index is 2.08. The van der Waals surface area contributed by atoms with E-state index in [4.69, 9.17) is 10.5 Å². The molecule has 2 atom stereocenters. The molecule has 17 heavy (non-hydrogen) atoms. The van der Waals surface area contributed by atoms with E-state index in [0.29, 0.717) is 18.7 Å². The molecule has 94 valence electrons. The van der Waals surface area contributed by atoms with Crippen LogP contribution >= 0.6 is 0 Å². The van der Waals surface area contributed by atoms with Crippen molar-refractivity contribution in [2.45, 2.75) is 38.9 Å². The first kappa shape index (κ1) is 12.4. The monoisotopic (exact) mass is 234 g/mol. The van der Waals surface area contributed by atoms with Gasteiger partial charge in [0.05, 0.1) is 6.61 Å². The second-order valence-electron chi connectivity index (χ2n) is 4.70. The van der Waals surface area contributed by atoms with Gasteiger partial charge in [0.15, 0.2) is 0 Å². The second kappa shape index (κ2) is 5.52. The summed E-state index contributed by atoms with van der Waals surface area (Å²) in [6.07, 6.45) is 1.10. The molecule has 2 unspecified atom stereocenters.